The second kappa shape index (κ2) is 13.0. The molecular formula is C17H40N6. The third kappa shape index (κ3) is 15.2. The van der Waals surface area contributed by atoms with E-state index in [0.29, 0.717) is 24.7 Å². The normalized spacial score (nSPS) is 11.6. The number of aliphatic imine (C=N–C) groups is 2. The molecular weight excluding hydrogens is 288 g/mol. The first-order valence-electron chi connectivity index (χ1n) is 8.36. The number of hydrogen-bond donors (Lipinski definition) is 4. The fourth-order valence-corrected chi connectivity index (χ4v) is 1.69. The average Bonchev–Trinajstić information content (AvgIpc) is 2.31. The second-order valence-corrected chi connectivity index (χ2v) is 6.63. The summed E-state index contributed by atoms with van der Waals surface area (Å²) in [4.78, 5) is 9.13. The molecule has 138 valence electrons. The lowest BCUT2D eigenvalue weighted by Crippen LogP contribution is -2.45. The van der Waals surface area contributed by atoms with E-state index in [1.54, 1.807) is 0 Å². The Morgan fingerprint density at radius 1 is 0.739 bits per heavy atom. The molecule has 0 aromatic carbocycles. The Labute approximate surface area is 144 Å². The molecule has 0 spiro atoms. The summed E-state index contributed by atoms with van der Waals surface area (Å²) < 4.78 is 0. The third-order valence-corrected chi connectivity index (χ3v) is 2.34. The summed E-state index contributed by atoms with van der Waals surface area (Å²) in [5.41, 5.74) is 0. The standard InChI is InChI=1S/C16H36N6.CH4/c1-11(2)19-15(20-12(3)4)17-9-10-18-16(21-13(5)6)22-14(7)8;/h11-14H,9-10H2,1-8H3,(H2,17,19,20)(H2,18,21,22);1H4. The van der Waals surface area contributed by atoms with Crippen LogP contribution in [0.2, 0.25) is 0 Å². The van der Waals surface area contributed by atoms with Gasteiger partial charge in [-0.2, -0.15) is 0 Å². The maximum atomic E-state index is 4.58. The summed E-state index contributed by atoms with van der Waals surface area (Å²) in [6.45, 7) is 18.2. The summed E-state index contributed by atoms with van der Waals surface area (Å²) in [6.07, 6.45) is 0. The predicted molar refractivity (Wildman–Crippen MR) is 104 cm³/mol. The van der Waals surface area contributed by atoms with Crippen molar-refractivity contribution in [3.63, 3.8) is 0 Å². The van der Waals surface area contributed by atoms with Crippen molar-refractivity contribution in [2.24, 2.45) is 9.98 Å². The Morgan fingerprint density at radius 3 is 1.57 bits per heavy atom. The minimum atomic E-state index is 0. The quantitative estimate of drug-likeness (QED) is 0.329. The van der Waals surface area contributed by atoms with Gasteiger partial charge in [-0.05, 0) is 55.4 Å². The monoisotopic (exact) mass is 328 g/mol. The van der Waals surface area contributed by atoms with Crippen LogP contribution in [0.5, 0.6) is 0 Å². The lowest BCUT2D eigenvalue weighted by Gasteiger charge is -2.18. The van der Waals surface area contributed by atoms with Gasteiger partial charge in [-0.15, -0.1) is 0 Å². The van der Waals surface area contributed by atoms with Crippen LogP contribution in [0, 0.1) is 0 Å². The summed E-state index contributed by atoms with van der Waals surface area (Å²) in [5, 5.41) is 13.3. The van der Waals surface area contributed by atoms with Crippen LogP contribution in [0.15, 0.2) is 9.98 Å². The zero-order valence-corrected chi connectivity index (χ0v) is 15.6. The Kier molecular flexibility index (Phi) is 13.5. The van der Waals surface area contributed by atoms with Gasteiger partial charge in [-0.25, -0.2) is 0 Å². The molecule has 6 nitrogen and oxygen atoms in total. The van der Waals surface area contributed by atoms with Crippen molar-refractivity contribution in [3.8, 4) is 0 Å². The van der Waals surface area contributed by atoms with Crippen LogP contribution in [-0.4, -0.2) is 49.2 Å². The molecule has 0 amide bonds. The Morgan fingerprint density at radius 2 is 1.17 bits per heavy atom. The number of guanidine groups is 2. The highest BCUT2D eigenvalue weighted by Crippen LogP contribution is 1.88. The largest absolute Gasteiger partial charge is 0.355 e. The van der Waals surface area contributed by atoms with E-state index in [2.05, 4.69) is 86.6 Å². The molecule has 0 bridgehead atoms. The van der Waals surface area contributed by atoms with E-state index in [9.17, 15) is 0 Å². The van der Waals surface area contributed by atoms with Crippen LogP contribution in [0.4, 0.5) is 0 Å². The van der Waals surface area contributed by atoms with E-state index >= 15 is 0 Å². The number of hydrogen-bond acceptors (Lipinski definition) is 2. The van der Waals surface area contributed by atoms with Gasteiger partial charge in [-0.1, -0.05) is 7.43 Å². The van der Waals surface area contributed by atoms with Gasteiger partial charge in [0, 0.05) is 30.7 Å². The van der Waals surface area contributed by atoms with Gasteiger partial charge in [0.25, 0.3) is 0 Å². The zero-order chi connectivity index (χ0) is 17.1. The van der Waals surface area contributed by atoms with E-state index in [1.807, 2.05) is 0 Å². The molecule has 4 N–H and O–H groups in total. The van der Waals surface area contributed by atoms with Crippen LogP contribution in [-0.2, 0) is 0 Å². The number of nitrogens with one attached hydrogen (secondary N) is 4. The van der Waals surface area contributed by atoms with Crippen molar-refractivity contribution in [2.45, 2.75) is 87.0 Å². The molecule has 0 atom stereocenters. The Bertz CT molecular complexity index is 333. The van der Waals surface area contributed by atoms with Crippen LogP contribution < -0.4 is 21.3 Å². The maximum absolute atomic E-state index is 4.58. The smallest absolute Gasteiger partial charge is 0.191 e. The molecule has 0 unspecified atom stereocenters. The molecule has 23 heavy (non-hydrogen) atoms. The first-order chi connectivity index (χ1) is 10.2. The minimum Gasteiger partial charge on any atom is -0.355 e. The van der Waals surface area contributed by atoms with E-state index in [1.165, 1.54) is 0 Å². The molecule has 0 aromatic rings. The van der Waals surface area contributed by atoms with Crippen LogP contribution >= 0.6 is 0 Å². The summed E-state index contributed by atoms with van der Waals surface area (Å²) in [5.74, 6) is 1.70. The minimum absolute atomic E-state index is 0. The molecule has 0 aromatic heterocycles. The molecule has 0 fully saturated rings. The molecule has 0 aliphatic rings. The van der Waals surface area contributed by atoms with Gasteiger partial charge in [-0.3, -0.25) is 9.98 Å². The topological polar surface area (TPSA) is 72.8 Å². The van der Waals surface area contributed by atoms with Crippen molar-refractivity contribution in [2.75, 3.05) is 13.1 Å². The van der Waals surface area contributed by atoms with Gasteiger partial charge in [0.2, 0.25) is 0 Å². The van der Waals surface area contributed by atoms with E-state index < -0.39 is 0 Å². The summed E-state index contributed by atoms with van der Waals surface area (Å²) >= 11 is 0. The molecule has 0 aliphatic carbocycles. The van der Waals surface area contributed by atoms with Crippen LogP contribution in [0.1, 0.15) is 62.8 Å². The Hall–Kier alpha value is -1.46. The highest BCUT2D eigenvalue weighted by Gasteiger charge is 2.04. The molecule has 0 saturated heterocycles. The molecule has 0 aliphatic heterocycles. The van der Waals surface area contributed by atoms with Crippen molar-refractivity contribution >= 4 is 11.9 Å². The molecule has 0 radical (unpaired) electrons. The predicted octanol–water partition coefficient (Wildman–Crippen LogP) is 2.33. The molecule has 0 rings (SSSR count). The number of rotatable bonds is 7. The average molecular weight is 329 g/mol. The molecule has 6 heteroatoms. The highest BCUT2D eigenvalue weighted by atomic mass is 15.2. The van der Waals surface area contributed by atoms with Crippen LogP contribution in [0.3, 0.4) is 0 Å². The van der Waals surface area contributed by atoms with E-state index in [0.717, 1.165) is 18.5 Å². The Balaban J connectivity index is 0. The van der Waals surface area contributed by atoms with E-state index in [-0.39, 0.29) is 13.5 Å². The van der Waals surface area contributed by atoms with Gasteiger partial charge < -0.3 is 21.3 Å². The van der Waals surface area contributed by atoms with Gasteiger partial charge >= 0.3 is 0 Å². The molecule has 0 saturated carbocycles. The van der Waals surface area contributed by atoms with Gasteiger partial charge in [0.05, 0.1) is 6.54 Å². The van der Waals surface area contributed by atoms with Crippen LogP contribution in [0.25, 0.3) is 0 Å². The van der Waals surface area contributed by atoms with Gasteiger partial charge in [0.1, 0.15) is 0 Å². The van der Waals surface area contributed by atoms with Crippen molar-refractivity contribution in [3.05, 3.63) is 0 Å². The molecule has 0 heterocycles. The number of nitrogens with zero attached hydrogens (tertiary/aromatic N) is 2. The highest BCUT2D eigenvalue weighted by molar-refractivity contribution is 5.81. The fourth-order valence-electron chi connectivity index (χ4n) is 1.69. The fraction of sp³-hybridized carbons (Fsp3) is 0.882. The first-order valence-corrected chi connectivity index (χ1v) is 8.36. The maximum Gasteiger partial charge on any atom is 0.191 e. The second-order valence-electron chi connectivity index (χ2n) is 6.63. The first kappa shape index (κ1) is 23.8. The lowest BCUT2D eigenvalue weighted by molar-refractivity contribution is 0.651. The zero-order valence-electron chi connectivity index (χ0n) is 15.6. The summed E-state index contributed by atoms with van der Waals surface area (Å²) in [6, 6.07) is 1.34. The lowest BCUT2D eigenvalue weighted by atomic mass is 10.4. The van der Waals surface area contributed by atoms with Crippen molar-refractivity contribution < 1.29 is 0 Å². The van der Waals surface area contributed by atoms with Crippen molar-refractivity contribution in [1.29, 1.82) is 0 Å². The van der Waals surface area contributed by atoms with Gasteiger partial charge in [0.15, 0.2) is 11.9 Å². The van der Waals surface area contributed by atoms with E-state index in [4.69, 9.17) is 0 Å². The SMILES string of the molecule is C.CC(C)N=C(NCCN=C(NC(C)C)NC(C)C)NC(C)C. The third-order valence-electron chi connectivity index (χ3n) is 2.34. The summed E-state index contributed by atoms with van der Waals surface area (Å²) in [7, 11) is 0. The van der Waals surface area contributed by atoms with Crippen molar-refractivity contribution in [1.82, 2.24) is 21.3 Å².